The Balaban J connectivity index is 1.30. The average molecular weight is 338 g/mol. The van der Waals surface area contributed by atoms with E-state index in [1.807, 2.05) is 29.1 Å². The van der Waals surface area contributed by atoms with Crippen LogP contribution in [0.2, 0.25) is 0 Å². The van der Waals surface area contributed by atoms with Crippen LogP contribution in [0.4, 0.5) is 0 Å². The van der Waals surface area contributed by atoms with Crippen molar-refractivity contribution in [2.75, 3.05) is 0 Å². The minimum absolute atomic E-state index is 0.135. The number of aliphatic hydroxyl groups is 1. The van der Waals surface area contributed by atoms with Crippen LogP contribution in [0, 0.1) is 5.92 Å². The molecule has 1 aliphatic rings. The van der Waals surface area contributed by atoms with Gasteiger partial charge in [0.2, 0.25) is 0 Å². The summed E-state index contributed by atoms with van der Waals surface area (Å²) in [6.45, 7) is 1.61. The molecular formula is C18H22N6O. The van der Waals surface area contributed by atoms with Gasteiger partial charge >= 0.3 is 0 Å². The normalized spacial score (nSPS) is 23.2. The van der Waals surface area contributed by atoms with Crippen LogP contribution in [0.25, 0.3) is 5.69 Å². The van der Waals surface area contributed by atoms with E-state index in [4.69, 9.17) is 0 Å². The molecule has 0 aliphatic heterocycles. The number of rotatable bonds is 6. The van der Waals surface area contributed by atoms with Crippen molar-refractivity contribution in [2.24, 2.45) is 5.92 Å². The Morgan fingerprint density at radius 2 is 2.04 bits per heavy atom. The van der Waals surface area contributed by atoms with Gasteiger partial charge in [-0.1, -0.05) is 12.1 Å². The highest BCUT2D eigenvalue weighted by Crippen LogP contribution is 2.27. The van der Waals surface area contributed by atoms with Crippen molar-refractivity contribution < 1.29 is 5.11 Å². The molecule has 0 saturated heterocycles. The fraction of sp³-hybridized carbons (Fsp3) is 0.389. The van der Waals surface area contributed by atoms with E-state index in [9.17, 15) is 5.11 Å². The number of nitrogens with zero attached hydrogens (tertiary/aromatic N) is 5. The minimum Gasteiger partial charge on any atom is -0.391 e. The number of aliphatic hydroxyl groups excluding tert-OH is 1. The highest BCUT2D eigenvalue weighted by molar-refractivity contribution is 5.33. The smallest absolute Gasteiger partial charge is 0.138 e. The van der Waals surface area contributed by atoms with Crippen molar-refractivity contribution in [3.63, 3.8) is 0 Å². The van der Waals surface area contributed by atoms with Gasteiger partial charge in [0.05, 0.1) is 11.8 Å². The quantitative estimate of drug-likeness (QED) is 0.710. The molecule has 0 spiro atoms. The van der Waals surface area contributed by atoms with Crippen LogP contribution in [0.15, 0.2) is 55.4 Å². The molecule has 0 amide bonds. The average Bonchev–Trinajstić information content (AvgIpc) is 3.37. The zero-order valence-electron chi connectivity index (χ0n) is 13.9. The van der Waals surface area contributed by atoms with Crippen molar-refractivity contribution >= 4 is 0 Å². The predicted molar refractivity (Wildman–Crippen MR) is 92.9 cm³/mol. The van der Waals surface area contributed by atoms with Gasteiger partial charge in [0, 0.05) is 31.5 Å². The van der Waals surface area contributed by atoms with Crippen LogP contribution in [0.1, 0.15) is 18.4 Å². The maximum atomic E-state index is 10.3. The summed E-state index contributed by atoms with van der Waals surface area (Å²) in [5, 5.41) is 22.2. The molecule has 7 nitrogen and oxygen atoms in total. The molecule has 1 saturated carbocycles. The number of nitrogens with one attached hydrogen (secondary N) is 1. The molecule has 0 radical (unpaired) electrons. The van der Waals surface area contributed by atoms with E-state index in [0.29, 0.717) is 5.92 Å². The van der Waals surface area contributed by atoms with Crippen LogP contribution in [-0.2, 0) is 13.1 Å². The van der Waals surface area contributed by atoms with Crippen LogP contribution in [-0.4, -0.2) is 41.8 Å². The maximum Gasteiger partial charge on any atom is 0.138 e. The van der Waals surface area contributed by atoms with Gasteiger partial charge in [-0.25, -0.2) is 9.67 Å². The molecule has 1 fully saturated rings. The molecule has 0 bridgehead atoms. The molecule has 1 aliphatic carbocycles. The first-order valence-electron chi connectivity index (χ1n) is 8.61. The Bertz CT molecular complexity index is 769. The van der Waals surface area contributed by atoms with Gasteiger partial charge in [-0.05, 0) is 42.5 Å². The summed E-state index contributed by atoms with van der Waals surface area (Å²) in [7, 11) is 0. The Kier molecular flexibility index (Phi) is 4.58. The summed E-state index contributed by atoms with van der Waals surface area (Å²) in [4.78, 5) is 3.96. The third-order valence-electron chi connectivity index (χ3n) is 4.82. The summed E-state index contributed by atoms with van der Waals surface area (Å²) in [6, 6.07) is 10.3. The van der Waals surface area contributed by atoms with Gasteiger partial charge in [-0.3, -0.25) is 4.68 Å². The lowest BCUT2D eigenvalue weighted by atomic mass is 10.1. The third kappa shape index (κ3) is 3.78. The van der Waals surface area contributed by atoms with Gasteiger partial charge in [-0.15, -0.1) is 0 Å². The molecule has 2 N–H and O–H groups in total. The van der Waals surface area contributed by atoms with Crippen LogP contribution in [0.5, 0.6) is 0 Å². The second-order valence-corrected chi connectivity index (χ2v) is 6.63. The topological polar surface area (TPSA) is 80.8 Å². The third-order valence-corrected chi connectivity index (χ3v) is 4.82. The molecule has 130 valence electrons. The Morgan fingerprint density at radius 1 is 1.16 bits per heavy atom. The lowest BCUT2D eigenvalue weighted by Gasteiger charge is -2.16. The minimum atomic E-state index is -0.296. The highest BCUT2D eigenvalue weighted by Gasteiger charge is 2.32. The number of benzene rings is 1. The fourth-order valence-corrected chi connectivity index (χ4v) is 3.52. The van der Waals surface area contributed by atoms with Gasteiger partial charge in [-0.2, -0.15) is 10.2 Å². The van der Waals surface area contributed by atoms with Crippen molar-refractivity contribution in [3.8, 4) is 5.69 Å². The first-order valence-corrected chi connectivity index (χ1v) is 8.61. The highest BCUT2D eigenvalue weighted by atomic mass is 16.3. The van der Waals surface area contributed by atoms with E-state index in [1.54, 1.807) is 17.2 Å². The summed E-state index contributed by atoms with van der Waals surface area (Å²) in [6.07, 6.45) is 8.47. The van der Waals surface area contributed by atoms with Crippen molar-refractivity contribution in [2.45, 2.75) is 38.1 Å². The Labute approximate surface area is 146 Å². The standard InChI is InChI=1S/C18H22N6O/c25-18-9-15(11-23-7-1-6-21-23)8-17(18)20-10-14-2-4-16(5-3-14)24-13-19-12-22-24/h1-7,12-13,15,17-18,20,25H,8-11H2/t15?,17-,18-/m1/s1. The van der Waals surface area contributed by atoms with E-state index >= 15 is 0 Å². The molecule has 7 heteroatoms. The molecule has 2 heterocycles. The van der Waals surface area contributed by atoms with E-state index in [1.165, 1.54) is 11.9 Å². The van der Waals surface area contributed by atoms with Gasteiger partial charge in [0.1, 0.15) is 12.7 Å². The van der Waals surface area contributed by atoms with Crippen LogP contribution < -0.4 is 5.32 Å². The summed E-state index contributed by atoms with van der Waals surface area (Å²) >= 11 is 0. The van der Waals surface area contributed by atoms with Crippen molar-refractivity contribution in [3.05, 3.63) is 60.9 Å². The summed E-state index contributed by atoms with van der Waals surface area (Å²) < 4.78 is 3.68. The monoisotopic (exact) mass is 338 g/mol. The zero-order chi connectivity index (χ0) is 17.1. The van der Waals surface area contributed by atoms with Crippen molar-refractivity contribution in [1.82, 2.24) is 29.9 Å². The van der Waals surface area contributed by atoms with Crippen LogP contribution in [0.3, 0.4) is 0 Å². The number of hydrogen-bond acceptors (Lipinski definition) is 5. The number of hydrogen-bond donors (Lipinski definition) is 2. The Hall–Kier alpha value is -2.51. The molecule has 1 unspecified atom stereocenters. The van der Waals surface area contributed by atoms with Crippen molar-refractivity contribution in [1.29, 1.82) is 0 Å². The first-order chi connectivity index (χ1) is 12.3. The molecular weight excluding hydrogens is 316 g/mol. The maximum absolute atomic E-state index is 10.3. The SMILES string of the molecule is O[C@@H]1CC(Cn2cccn2)C[C@H]1NCc1ccc(-n2cncn2)cc1. The van der Waals surface area contributed by atoms with Crippen LogP contribution >= 0.6 is 0 Å². The van der Waals surface area contributed by atoms with E-state index < -0.39 is 0 Å². The molecule has 3 atom stereocenters. The van der Waals surface area contributed by atoms with E-state index in [-0.39, 0.29) is 12.1 Å². The molecule has 3 aromatic rings. The summed E-state index contributed by atoms with van der Waals surface area (Å²) in [5.41, 5.74) is 2.17. The van der Waals surface area contributed by atoms with E-state index in [2.05, 4.69) is 32.6 Å². The van der Waals surface area contributed by atoms with E-state index in [0.717, 1.165) is 31.6 Å². The van der Waals surface area contributed by atoms with Gasteiger partial charge in [0.25, 0.3) is 0 Å². The van der Waals surface area contributed by atoms with Gasteiger partial charge in [0.15, 0.2) is 0 Å². The lowest BCUT2D eigenvalue weighted by Crippen LogP contribution is -2.35. The summed E-state index contributed by atoms with van der Waals surface area (Å²) in [5.74, 6) is 0.460. The molecule has 1 aromatic carbocycles. The second kappa shape index (κ2) is 7.16. The second-order valence-electron chi connectivity index (χ2n) is 6.63. The van der Waals surface area contributed by atoms with Gasteiger partial charge < -0.3 is 10.4 Å². The largest absolute Gasteiger partial charge is 0.391 e. The zero-order valence-corrected chi connectivity index (χ0v) is 13.9. The fourth-order valence-electron chi connectivity index (χ4n) is 3.52. The first kappa shape index (κ1) is 16.0. The molecule has 25 heavy (non-hydrogen) atoms. The molecule has 2 aromatic heterocycles. The predicted octanol–water partition coefficient (Wildman–Crippen LogP) is 1.39. The number of aromatic nitrogens is 5. The lowest BCUT2D eigenvalue weighted by molar-refractivity contribution is 0.145. The molecule has 4 rings (SSSR count). The Morgan fingerprint density at radius 3 is 2.76 bits per heavy atom.